The third-order valence-corrected chi connectivity index (χ3v) is 4.26. The van der Waals surface area contributed by atoms with Crippen LogP contribution >= 0.6 is 23.2 Å². The lowest BCUT2D eigenvalue weighted by molar-refractivity contribution is 0.321. The average molecular weight is 362 g/mol. The Bertz CT molecular complexity index is 898. The lowest BCUT2D eigenvalue weighted by Crippen LogP contribution is -1.98. The van der Waals surface area contributed by atoms with Crippen molar-refractivity contribution in [2.45, 2.75) is 0 Å². The third kappa shape index (κ3) is 2.84. The molecule has 0 aliphatic rings. The van der Waals surface area contributed by atoms with E-state index in [9.17, 15) is 5.11 Å². The van der Waals surface area contributed by atoms with Gasteiger partial charge in [-0.25, -0.2) is 0 Å². The number of hydrogen-bond acceptors (Lipinski definition) is 4. The van der Waals surface area contributed by atoms with E-state index >= 15 is 0 Å². The molecule has 0 radical (unpaired) electrons. The summed E-state index contributed by atoms with van der Waals surface area (Å²) < 4.78 is 1.58. The second-order valence-corrected chi connectivity index (χ2v) is 5.93. The molecule has 0 fully saturated rings. The molecule has 0 spiro atoms. The number of phenolic OH excluding ortho intramolecular Hbond substituents is 1. The molecule has 0 saturated carbocycles. The van der Waals surface area contributed by atoms with E-state index in [-0.39, 0.29) is 5.75 Å². The zero-order valence-corrected chi connectivity index (χ0v) is 14.1. The fraction of sp³-hybridized carbons (Fsp3) is 0.0588. The Morgan fingerprint density at radius 3 is 2.25 bits per heavy atom. The van der Waals surface area contributed by atoms with Gasteiger partial charge in [-0.3, -0.25) is 4.68 Å². The van der Waals surface area contributed by atoms with Crippen LogP contribution in [0.25, 0.3) is 22.4 Å². The van der Waals surface area contributed by atoms with Crippen molar-refractivity contribution in [1.82, 2.24) is 9.78 Å². The Kier molecular flexibility index (Phi) is 4.46. The van der Waals surface area contributed by atoms with Crippen LogP contribution in [0.1, 0.15) is 5.69 Å². The predicted octanol–water partition coefficient (Wildman–Crippen LogP) is 4.57. The van der Waals surface area contributed by atoms with Crippen molar-refractivity contribution < 1.29 is 10.3 Å². The van der Waals surface area contributed by atoms with E-state index in [4.69, 9.17) is 28.4 Å². The van der Waals surface area contributed by atoms with Crippen LogP contribution in [-0.4, -0.2) is 26.3 Å². The van der Waals surface area contributed by atoms with Crippen LogP contribution in [0.4, 0.5) is 0 Å². The molecule has 0 amide bonds. The molecule has 2 aromatic carbocycles. The molecule has 0 atom stereocenters. The molecule has 5 nitrogen and oxygen atoms in total. The van der Waals surface area contributed by atoms with Gasteiger partial charge < -0.3 is 10.3 Å². The van der Waals surface area contributed by atoms with Gasteiger partial charge in [0, 0.05) is 23.7 Å². The van der Waals surface area contributed by atoms with Crippen molar-refractivity contribution >= 4 is 29.4 Å². The minimum Gasteiger partial charge on any atom is -0.508 e. The Labute approximate surface area is 148 Å². The van der Waals surface area contributed by atoms with Crippen LogP contribution < -0.4 is 0 Å². The van der Waals surface area contributed by atoms with Gasteiger partial charge in [0.15, 0.2) is 0 Å². The first-order chi connectivity index (χ1) is 11.5. The second kappa shape index (κ2) is 6.55. The standard InChI is InChI=1S/C17H13Cl2N3O2/c1-22-14(9-20-24)16(15-12(18)3-2-4-13(15)19)17(21-22)10-5-7-11(23)8-6-10/h2-9,23-24H,1H3. The Hall–Kier alpha value is -2.50. The van der Waals surface area contributed by atoms with E-state index in [1.54, 1.807) is 54.2 Å². The van der Waals surface area contributed by atoms with Gasteiger partial charge in [0.1, 0.15) is 11.4 Å². The quantitative estimate of drug-likeness (QED) is 0.407. The van der Waals surface area contributed by atoms with Gasteiger partial charge in [-0.1, -0.05) is 34.4 Å². The number of aromatic hydroxyl groups is 1. The largest absolute Gasteiger partial charge is 0.508 e. The normalized spacial score (nSPS) is 11.3. The van der Waals surface area contributed by atoms with Crippen molar-refractivity contribution in [3.8, 4) is 28.1 Å². The number of phenols is 1. The van der Waals surface area contributed by atoms with Gasteiger partial charge in [0.25, 0.3) is 0 Å². The highest BCUT2D eigenvalue weighted by atomic mass is 35.5. The summed E-state index contributed by atoms with van der Waals surface area (Å²) in [4.78, 5) is 0. The fourth-order valence-electron chi connectivity index (χ4n) is 2.54. The summed E-state index contributed by atoms with van der Waals surface area (Å²) in [6, 6.07) is 11.8. The van der Waals surface area contributed by atoms with E-state index in [0.717, 1.165) is 5.56 Å². The van der Waals surface area contributed by atoms with E-state index in [2.05, 4.69) is 10.3 Å². The maximum atomic E-state index is 9.50. The number of nitrogens with zero attached hydrogens (tertiary/aromatic N) is 3. The summed E-state index contributed by atoms with van der Waals surface area (Å²) in [6.07, 6.45) is 1.28. The van der Waals surface area contributed by atoms with Crippen molar-refractivity contribution in [1.29, 1.82) is 0 Å². The maximum absolute atomic E-state index is 9.50. The average Bonchev–Trinajstić information content (AvgIpc) is 2.86. The van der Waals surface area contributed by atoms with Gasteiger partial charge >= 0.3 is 0 Å². The van der Waals surface area contributed by atoms with E-state index in [0.29, 0.717) is 32.6 Å². The number of rotatable bonds is 3. The molecule has 0 saturated heterocycles. The molecule has 0 bridgehead atoms. The molecule has 3 rings (SSSR count). The van der Waals surface area contributed by atoms with Crippen molar-refractivity contribution in [3.63, 3.8) is 0 Å². The highest BCUT2D eigenvalue weighted by Gasteiger charge is 2.22. The molecule has 1 heterocycles. The number of benzene rings is 2. The third-order valence-electron chi connectivity index (χ3n) is 3.63. The van der Waals surface area contributed by atoms with Gasteiger partial charge in [-0.15, -0.1) is 0 Å². The first-order valence-electron chi connectivity index (χ1n) is 7.01. The monoisotopic (exact) mass is 361 g/mol. The van der Waals surface area contributed by atoms with E-state index in [1.165, 1.54) is 6.21 Å². The van der Waals surface area contributed by atoms with Crippen molar-refractivity contribution in [2.75, 3.05) is 0 Å². The zero-order valence-electron chi connectivity index (χ0n) is 12.6. The summed E-state index contributed by atoms with van der Waals surface area (Å²) in [6.45, 7) is 0. The van der Waals surface area contributed by atoms with Crippen molar-refractivity contribution in [2.24, 2.45) is 12.2 Å². The van der Waals surface area contributed by atoms with E-state index < -0.39 is 0 Å². The maximum Gasteiger partial charge on any atom is 0.115 e. The molecule has 122 valence electrons. The lowest BCUT2D eigenvalue weighted by Gasteiger charge is -2.09. The van der Waals surface area contributed by atoms with Gasteiger partial charge in [0.05, 0.1) is 22.0 Å². The number of aromatic nitrogens is 2. The fourth-order valence-corrected chi connectivity index (χ4v) is 3.13. The van der Waals surface area contributed by atoms with Crippen LogP contribution in [0.3, 0.4) is 0 Å². The van der Waals surface area contributed by atoms with Crippen LogP contribution in [0, 0.1) is 0 Å². The smallest absolute Gasteiger partial charge is 0.115 e. The summed E-state index contributed by atoms with van der Waals surface area (Å²) in [5, 5.41) is 27.0. The molecule has 0 unspecified atom stereocenters. The van der Waals surface area contributed by atoms with Gasteiger partial charge in [-0.2, -0.15) is 5.10 Å². The molecule has 0 aliphatic carbocycles. The van der Waals surface area contributed by atoms with Crippen LogP contribution in [-0.2, 0) is 7.05 Å². The molecule has 24 heavy (non-hydrogen) atoms. The summed E-state index contributed by atoms with van der Waals surface area (Å²) >= 11 is 12.7. The Morgan fingerprint density at radius 1 is 1.04 bits per heavy atom. The first-order valence-corrected chi connectivity index (χ1v) is 7.76. The van der Waals surface area contributed by atoms with Crippen LogP contribution in [0.15, 0.2) is 47.6 Å². The number of halogens is 2. The number of hydrogen-bond donors (Lipinski definition) is 2. The Balaban J connectivity index is 2.36. The second-order valence-electron chi connectivity index (χ2n) is 5.12. The minimum atomic E-state index is 0.157. The van der Waals surface area contributed by atoms with Gasteiger partial charge in [0.2, 0.25) is 0 Å². The predicted molar refractivity (Wildman–Crippen MR) is 95.1 cm³/mol. The van der Waals surface area contributed by atoms with Gasteiger partial charge in [-0.05, 0) is 36.4 Å². The molecule has 2 N–H and O–H groups in total. The summed E-state index contributed by atoms with van der Waals surface area (Å²) in [7, 11) is 1.73. The molecular formula is C17H13Cl2N3O2. The topological polar surface area (TPSA) is 70.6 Å². The molecule has 7 heteroatoms. The highest BCUT2D eigenvalue weighted by molar-refractivity contribution is 6.39. The molecule has 1 aromatic heterocycles. The SMILES string of the molecule is Cn1nc(-c2ccc(O)cc2)c(-c2c(Cl)cccc2Cl)c1C=NO. The Morgan fingerprint density at radius 2 is 1.67 bits per heavy atom. The minimum absolute atomic E-state index is 0.157. The number of aryl methyl sites for hydroxylation is 1. The summed E-state index contributed by atoms with van der Waals surface area (Å²) in [5.41, 5.74) is 3.19. The van der Waals surface area contributed by atoms with E-state index in [1.807, 2.05) is 0 Å². The van der Waals surface area contributed by atoms with Crippen LogP contribution in [0.5, 0.6) is 5.75 Å². The molecular weight excluding hydrogens is 349 g/mol. The van der Waals surface area contributed by atoms with Crippen molar-refractivity contribution in [3.05, 3.63) is 58.2 Å². The first kappa shape index (κ1) is 16.4. The number of oxime groups is 1. The zero-order chi connectivity index (χ0) is 17.3. The lowest BCUT2D eigenvalue weighted by atomic mass is 9.99. The molecule has 0 aliphatic heterocycles. The van der Waals surface area contributed by atoms with Crippen LogP contribution in [0.2, 0.25) is 10.0 Å². The molecule has 3 aromatic rings. The summed E-state index contributed by atoms with van der Waals surface area (Å²) in [5.74, 6) is 0.157. The highest BCUT2D eigenvalue weighted by Crippen LogP contribution is 2.41.